The normalized spacial score (nSPS) is 10.3. The summed E-state index contributed by atoms with van der Waals surface area (Å²) >= 11 is 5.85. The number of carbonyl (C=O) groups excluding carboxylic acids is 1. The van der Waals surface area contributed by atoms with Gasteiger partial charge in [-0.15, -0.1) is 10.2 Å². The predicted molar refractivity (Wildman–Crippen MR) is 68.0 cm³/mol. The van der Waals surface area contributed by atoms with E-state index in [1.165, 1.54) is 6.07 Å². The molecule has 1 heterocycles. The predicted octanol–water partition coefficient (Wildman–Crippen LogP) is 0.981. The summed E-state index contributed by atoms with van der Waals surface area (Å²) in [6, 6.07) is 4.75. The summed E-state index contributed by atoms with van der Waals surface area (Å²) in [6.07, 6.45) is 1.57. The van der Waals surface area contributed by atoms with E-state index in [1.54, 1.807) is 23.0 Å². The average Bonchev–Trinajstić information content (AvgIpc) is 2.75. The van der Waals surface area contributed by atoms with E-state index < -0.39 is 0 Å². The maximum absolute atomic E-state index is 11.8. The molecule has 6 nitrogen and oxygen atoms in total. The van der Waals surface area contributed by atoms with Crippen molar-refractivity contribution in [2.75, 3.05) is 5.73 Å². The third kappa shape index (κ3) is 2.60. The van der Waals surface area contributed by atoms with Crippen LogP contribution < -0.4 is 11.1 Å². The van der Waals surface area contributed by atoms with Crippen LogP contribution in [0, 0.1) is 0 Å². The maximum Gasteiger partial charge on any atom is 0.251 e. The summed E-state index contributed by atoms with van der Waals surface area (Å²) < 4.78 is 1.73. The minimum absolute atomic E-state index is 0.236. The van der Waals surface area contributed by atoms with E-state index in [-0.39, 0.29) is 5.91 Å². The van der Waals surface area contributed by atoms with Crippen molar-refractivity contribution in [2.45, 2.75) is 6.54 Å². The van der Waals surface area contributed by atoms with Crippen LogP contribution in [0.3, 0.4) is 0 Å². The number of aryl methyl sites for hydroxylation is 1. The van der Waals surface area contributed by atoms with Gasteiger partial charge in [0.1, 0.15) is 6.33 Å². The number of benzene rings is 1. The molecule has 18 heavy (non-hydrogen) atoms. The second-order valence-corrected chi connectivity index (χ2v) is 4.18. The summed E-state index contributed by atoms with van der Waals surface area (Å²) in [4.78, 5) is 11.8. The average molecular weight is 266 g/mol. The summed E-state index contributed by atoms with van der Waals surface area (Å²) in [6.45, 7) is 0.303. The van der Waals surface area contributed by atoms with Gasteiger partial charge in [-0.1, -0.05) is 11.6 Å². The number of nitrogens with one attached hydrogen (secondary N) is 1. The number of halogens is 1. The van der Waals surface area contributed by atoms with Crippen molar-refractivity contribution in [1.29, 1.82) is 0 Å². The smallest absolute Gasteiger partial charge is 0.251 e. The summed E-state index contributed by atoms with van der Waals surface area (Å²) in [5.41, 5.74) is 6.48. The van der Waals surface area contributed by atoms with Crippen LogP contribution >= 0.6 is 11.6 Å². The van der Waals surface area contributed by atoms with Crippen LogP contribution in [0.25, 0.3) is 0 Å². The lowest BCUT2D eigenvalue weighted by Crippen LogP contribution is -2.24. The van der Waals surface area contributed by atoms with E-state index in [9.17, 15) is 4.79 Å². The van der Waals surface area contributed by atoms with Gasteiger partial charge in [-0.3, -0.25) is 4.79 Å². The number of aromatic nitrogens is 3. The highest BCUT2D eigenvalue weighted by Crippen LogP contribution is 2.19. The highest BCUT2D eigenvalue weighted by atomic mass is 35.5. The number of nitrogens with two attached hydrogens (primary N) is 1. The Morgan fingerprint density at radius 2 is 2.33 bits per heavy atom. The van der Waals surface area contributed by atoms with Crippen molar-refractivity contribution >= 4 is 23.2 Å². The molecule has 0 spiro atoms. The zero-order valence-corrected chi connectivity index (χ0v) is 10.5. The molecule has 2 aromatic rings. The van der Waals surface area contributed by atoms with Gasteiger partial charge in [0.25, 0.3) is 5.91 Å². The first-order valence-corrected chi connectivity index (χ1v) is 5.62. The van der Waals surface area contributed by atoms with Crippen molar-refractivity contribution in [3.63, 3.8) is 0 Å². The van der Waals surface area contributed by atoms with Crippen LogP contribution in [-0.4, -0.2) is 20.7 Å². The Morgan fingerprint density at radius 1 is 1.56 bits per heavy atom. The first kappa shape index (κ1) is 12.4. The van der Waals surface area contributed by atoms with Gasteiger partial charge in [0.2, 0.25) is 0 Å². The summed E-state index contributed by atoms with van der Waals surface area (Å²) in [5.74, 6) is 0.435. The highest BCUT2D eigenvalue weighted by molar-refractivity contribution is 6.33. The molecule has 94 valence electrons. The van der Waals surface area contributed by atoms with Gasteiger partial charge in [-0.2, -0.15) is 0 Å². The largest absolute Gasteiger partial charge is 0.398 e. The minimum Gasteiger partial charge on any atom is -0.398 e. The Bertz CT molecular complexity index is 581. The Hall–Kier alpha value is -2.08. The summed E-state index contributed by atoms with van der Waals surface area (Å²) in [7, 11) is 1.81. The SMILES string of the molecule is Cn1cnnc1CNC(=O)c1ccc(N)c(Cl)c1. The molecule has 1 amide bonds. The molecule has 1 aromatic carbocycles. The van der Waals surface area contributed by atoms with E-state index in [1.807, 2.05) is 7.05 Å². The Balaban J connectivity index is 2.04. The van der Waals surface area contributed by atoms with Crippen LogP contribution in [0.1, 0.15) is 16.2 Å². The number of rotatable bonds is 3. The quantitative estimate of drug-likeness (QED) is 0.810. The van der Waals surface area contributed by atoms with Crippen LogP contribution in [0.4, 0.5) is 5.69 Å². The Morgan fingerprint density at radius 3 is 2.94 bits per heavy atom. The molecule has 0 atom stereocenters. The second-order valence-electron chi connectivity index (χ2n) is 3.78. The first-order valence-electron chi connectivity index (χ1n) is 5.24. The zero-order valence-electron chi connectivity index (χ0n) is 9.72. The third-order valence-electron chi connectivity index (χ3n) is 2.47. The van der Waals surface area contributed by atoms with Crippen molar-refractivity contribution in [3.8, 4) is 0 Å². The maximum atomic E-state index is 11.8. The Labute approximate surface area is 109 Å². The van der Waals surface area contributed by atoms with E-state index >= 15 is 0 Å². The monoisotopic (exact) mass is 265 g/mol. The van der Waals surface area contributed by atoms with E-state index in [0.717, 1.165) is 0 Å². The van der Waals surface area contributed by atoms with Crippen molar-refractivity contribution in [3.05, 3.63) is 40.9 Å². The van der Waals surface area contributed by atoms with Gasteiger partial charge in [0.05, 0.1) is 17.3 Å². The molecular formula is C11H12ClN5O. The number of nitrogen functional groups attached to an aromatic ring is 1. The van der Waals surface area contributed by atoms with Gasteiger partial charge >= 0.3 is 0 Å². The van der Waals surface area contributed by atoms with Gasteiger partial charge in [0, 0.05) is 12.6 Å². The molecule has 0 aliphatic heterocycles. The molecule has 1 aromatic heterocycles. The molecule has 0 bridgehead atoms. The van der Waals surface area contributed by atoms with Gasteiger partial charge in [-0.25, -0.2) is 0 Å². The number of anilines is 1. The van der Waals surface area contributed by atoms with E-state index in [4.69, 9.17) is 17.3 Å². The lowest BCUT2D eigenvalue weighted by molar-refractivity contribution is 0.0949. The summed E-state index contributed by atoms with van der Waals surface area (Å²) in [5, 5.41) is 10.7. The molecule has 7 heteroatoms. The van der Waals surface area contributed by atoms with Crippen LogP contribution in [0.5, 0.6) is 0 Å². The van der Waals surface area contributed by atoms with E-state index in [2.05, 4.69) is 15.5 Å². The topological polar surface area (TPSA) is 85.8 Å². The number of hydrogen-bond donors (Lipinski definition) is 2. The fraction of sp³-hybridized carbons (Fsp3) is 0.182. The fourth-order valence-corrected chi connectivity index (χ4v) is 1.58. The number of hydrogen-bond acceptors (Lipinski definition) is 4. The second kappa shape index (κ2) is 5.05. The van der Waals surface area contributed by atoms with Crippen molar-refractivity contribution in [1.82, 2.24) is 20.1 Å². The fourth-order valence-electron chi connectivity index (χ4n) is 1.40. The van der Waals surface area contributed by atoms with Gasteiger partial charge in [0.15, 0.2) is 5.82 Å². The molecule has 3 N–H and O–H groups in total. The lowest BCUT2D eigenvalue weighted by Gasteiger charge is -2.06. The standard InChI is InChI=1S/C11H12ClN5O/c1-17-6-15-16-10(17)5-14-11(18)7-2-3-9(13)8(12)4-7/h2-4,6H,5,13H2,1H3,(H,14,18). The van der Waals surface area contributed by atoms with Crippen molar-refractivity contribution < 1.29 is 4.79 Å². The number of carbonyl (C=O) groups is 1. The zero-order chi connectivity index (χ0) is 13.1. The molecular weight excluding hydrogens is 254 g/mol. The minimum atomic E-state index is -0.236. The molecule has 0 aliphatic carbocycles. The molecule has 0 aliphatic rings. The molecule has 0 saturated carbocycles. The molecule has 0 fully saturated rings. The molecule has 0 radical (unpaired) electrons. The van der Waals surface area contributed by atoms with Crippen LogP contribution in [0.2, 0.25) is 5.02 Å². The molecule has 0 unspecified atom stereocenters. The Kier molecular flexibility index (Phi) is 3.47. The first-order chi connectivity index (χ1) is 8.58. The van der Waals surface area contributed by atoms with E-state index in [0.29, 0.717) is 28.6 Å². The third-order valence-corrected chi connectivity index (χ3v) is 2.80. The van der Waals surface area contributed by atoms with Crippen molar-refractivity contribution in [2.24, 2.45) is 7.05 Å². The van der Waals surface area contributed by atoms with Gasteiger partial charge < -0.3 is 15.6 Å². The molecule has 0 saturated heterocycles. The number of nitrogens with zero attached hydrogens (tertiary/aromatic N) is 3. The van der Waals surface area contributed by atoms with Crippen LogP contribution in [0.15, 0.2) is 24.5 Å². The molecule has 2 rings (SSSR count). The lowest BCUT2D eigenvalue weighted by atomic mass is 10.2. The highest BCUT2D eigenvalue weighted by Gasteiger charge is 2.08. The van der Waals surface area contributed by atoms with Crippen LogP contribution in [-0.2, 0) is 13.6 Å². The number of amides is 1. The van der Waals surface area contributed by atoms with Gasteiger partial charge in [-0.05, 0) is 18.2 Å².